The van der Waals surface area contributed by atoms with E-state index in [9.17, 15) is 9.90 Å². The second-order valence-electron chi connectivity index (χ2n) is 12.6. The molecule has 0 aromatic heterocycles. The van der Waals surface area contributed by atoms with Gasteiger partial charge in [0, 0.05) is 44.7 Å². The van der Waals surface area contributed by atoms with Gasteiger partial charge in [-0.2, -0.15) is 0 Å². The SMILES string of the molecule is COc1ccccc1N1CCN(C(=O)CC[C@]23CC[C@](C)(O)C[C@@H]2C(C)(C)C[C@H]3NC(C)C)CC1. The van der Waals surface area contributed by atoms with Gasteiger partial charge in [-0.05, 0) is 67.9 Å². The number of fused-ring (bicyclic) bond motifs is 1. The van der Waals surface area contributed by atoms with Crippen molar-refractivity contribution in [1.82, 2.24) is 10.2 Å². The van der Waals surface area contributed by atoms with Gasteiger partial charge in [-0.3, -0.25) is 4.79 Å². The molecule has 0 bridgehead atoms. The maximum atomic E-state index is 13.4. The highest BCUT2D eigenvalue weighted by Gasteiger charge is 2.61. The average molecular weight is 486 g/mol. The van der Waals surface area contributed by atoms with Crippen LogP contribution >= 0.6 is 0 Å². The van der Waals surface area contributed by atoms with E-state index in [2.05, 4.69) is 48.9 Å². The monoisotopic (exact) mass is 485 g/mol. The molecule has 1 aromatic rings. The molecule has 3 fully saturated rings. The van der Waals surface area contributed by atoms with Crippen LogP contribution < -0.4 is 15.0 Å². The number of piperazine rings is 1. The summed E-state index contributed by atoms with van der Waals surface area (Å²) < 4.78 is 5.54. The van der Waals surface area contributed by atoms with E-state index in [1.54, 1.807) is 7.11 Å². The highest BCUT2D eigenvalue weighted by Crippen LogP contribution is 2.64. The molecule has 6 heteroatoms. The molecule has 2 aliphatic carbocycles. The van der Waals surface area contributed by atoms with Crippen LogP contribution in [0.25, 0.3) is 0 Å². The molecular formula is C29H47N3O3. The van der Waals surface area contributed by atoms with Gasteiger partial charge in [-0.1, -0.05) is 39.8 Å². The molecule has 2 N–H and O–H groups in total. The summed E-state index contributed by atoms with van der Waals surface area (Å²) >= 11 is 0. The number of methoxy groups -OCH3 is 1. The minimum atomic E-state index is -0.600. The molecule has 1 aromatic carbocycles. The molecule has 4 rings (SSSR count). The Balaban J connectivity index is 1.43. The van der Waals surface area contributed by atoms with Crippen molar-refractivity contribution in [3.63, 3.8) is 0 Å². The van der Waals surface area contributed by atoms with Crippen molar-refractivity contribution in [3.05, 3.63) is 24.3 Å². The van der Waals surface area contributed by atoms with Gasteiger partial charge in [0.2, 0.25) is 5.91 Å². The number of amides is 1. The Morgan fingerprint density at radius 2 is 1.80 bits per heavy atom. The van der Waals surface area contributed by atoms with Crippen molar-refractivity contribution in [3.8, 4) is 5.75 Å². The summed E-state index contributed by atoms with van der Waals surface area (Å²) in [5, 5.41) is 14.8. The largest absolute Gasteiger partial charge is 0.495 e. The van der Waals surface area contributed by atoms with Crippen LogP contribution in [0.15, 0.2) is 24.3 Å². The fourth-order valence-electron chi connectivity index (χ4n) is 7.45. The van der Waals surface area contributed by atoms with Gasteiger partial charge < -0.3 is 25.0 Å². The van der Waals surface area contributed by atoms with Crippen molar-refractivity contribution >= 4 is 11.6 Å². The van der Waals surface area contributed by atoms with Gasteiger partial charge >= 0.3 is 0 Å². The molecule has 6 nitrogen and oxygen atoms in total. The Kier molecular flexibility index (Phi) is 7.46. The molecule has 1 heterocycles. The Labute approximate surface area is 212 Å². The number of para-hydroxylation sites is 2. The lowest BCUT2D eigenvalue weighted by atomic mass is 9.57. The second-order valence-corrected chi connectivity index (χ2v) is 12.6. The number of rotatable bonds is 7. The molecular weight excluding hydrogens is 438 g/mol. The van der Waals surface area contributed by atoms with E-state index in [0.717, 1.165) is 69.7 Å². The van der Waals surface area contributed by atoms with Crippen LogP contribution in [0.5, 0.6) is 5.75 Å². The van der Waals surface area contributed by atoms with Crippen LogP contribution in [0.4, 0.5) is 5.69 Å². The van der Waals surface area contributed by atoms with E-state index in [1.807, 2.05) is 25.1 Å². The lowest BCUT2D eigenvalue weighted by Gasteiger charge is -2.51. The van der Waals surface area contributed by atoms with E-state index < -0.39 is 5.60 Å². The van der Waals surface area contributed by atoms with Crippen molar-refractivity contribution in [2.45, 2.75) is 90.8 Å². The quantitative estimate of drug-likeness (QED) is 0.597. The highest BCUT2D eigenvalue weighted by molar-refractivity contribution is 5.76. The molecule has 2 saturated carbocycles. The standard InChI is InChI=1S/C29H47N3O3/c1-21(2)30-25-20-27(3,4)24-19-28(5,34)13-14-29(24,25)12-11-26(33)32-17-15-31(16-18-32)22-9-7-8-10-23(22)35-6/h7-10,21,24-25,30,34H,11-20H2,1-6H3/t24-,25-,28+,29+/m1/s1. The summed E-state index contributed by atoms with van der Waals surface area (Å²) in [6, 6.07) is 8.93. The molecule has 4 atom stereocenters. The molecule has 1 amide bonds. The van der Waals surface area contributed by atoms with Gasteiger partial charge in [-0.15, -0.1) is 0 Å². The summed E-state index contributed by atoms with van der Waals surface area (Å²) in [6.07, 6.45) is 5.27. The molecule has 3 aliphatic rings. The van der Waals surface area contributed by atoms with Gasteiger partial charge in [0.25, 0.3) is 0 Å². The fourth-order valence-corrected chi connectivity index (χ4v) is 7.45. The first-order valence-corrected chi connectivity index (χ1v) is 13.6. The lowest BCUT2D eigenvalue weighted by Crippen LogP contribution is -2.53. The number of anilines is 1. The number of ether oxygens (including phenoxy) is 1. The molecule has 35 heavy (non-hydrogen) atoms. The first kappa shape index (κ1) is 26.3. The Morgan fingerprint density at radius 1 is 1.11 bits per heavy atom. The third-order valence-corrected chi connectivity index (χ3v) is 9.23. The molecule has 1 saturated heterocycles. The Bertz CT molecular complexity index is 891. The van der Waals surface area contributed by atoms with Gasteiger partial charge in [-0.25, -0.2) is 0 Å². The first-order valence-electron chi connectivity index (χ1n) is 13.6. The molecule has 196 valence electrons. The molecule has 0 radical (unpaired) electrons. The van der Waals surface area contributed by atoms with E-state index >= 15 is 0 Å². The van der Waals surface area contributed by atoms with Crippen LogP contribution in [0.1, 0.15) is 73.1 Å². The van der Waals surface area contributed by atoms with Crippen molar-refractivity contribution in [1.29, 1.82) is 0 Å². The van der Waals surface area contributed by atoms with Gasteiger partial charge in [0.05, 0.1) is 18.4 Å². The average Bonchev–Trinajstić information content (AvgIpc) is 3.02. The Morgan fingerprint density at radius 3 is 2.46 bits per heavy atom. The number of carbonyl (C=O) groups excluding carboxylic acids is 1. The normalized spacial score (nSPS) is 32.6. The van der Waals surface area contributed by atoms with Crippen LogP contribution in [0.2, 0.25) is 0 Å². The van der Waals surface area contributed by atoms with Gasteiger partial charge in [0.1, 0.15) is 5.75 Å². The number of aliphatic hydroxyl groups is 1. The van der Waals surface area contributed by atoms with Gasteiger partial charge in [0.15, 0.2) is 0 Å². The third kappa shape index (κ3) is 5.34. The number of hydrogen-bond donors (Lipinski definition) is 2. The van der Waals surface area contributed by atoms with E-state index in [-0.39, 0.29) is 16.7 Å². The maximum Gasteiger partial charge on any atom is 0.222 e. The predicted octanol–water partition coefficient (Wildman–Crippen LogP) is 4.46. The number of benzene rings is 1. The summed E-state index contributed by atoms with van der Waals surface area (Å²) in [5.41, 5.74) is 0.733. The minimum absolute atomic E-state index is 0.0743. The zero-order valence-corrected chi connectivity index (χ0v) is 22.8. The van der Waals surface area contributed by atoms with E-state index in [1.165, 1.54) is 0 Å². The van der Waals surface area contributed by atoms with Crippen molar-refractivity contribution < 1.29 is 14.6 Å². The summed E-state index contributed by atoms with van der Waals surface area (Å²) in [5.74, 6) is 1.59. The first-order chi connectivity index (χ1) is 16.5. The molecule has 0 unspecified atom stereocenters. The smallest absolute Gasteiger partial charge is 0.222 e. The minimum Gasteiger partial charge on any atom is -0.495 e. The summed E-state index contributed by atoms with van der Waals surface area (Å²) in [4.78, 5) is 17.8. The zero-order valence-electron chi connectivity index (χ0n) is 22.8. The second kappa shape index (κ2) is 9.93. The van der Waals surface area contributed by atoms with Crippen LogP contribution in [0.3, 0.4) is 0 Å². The van der Waals surface area contributed by atoms with Crippen LogP contribution in [-0.2, 0) is 4.79 Å². The van der Waals surface area contributed by atoms with E-state index in [0.29, 0.717) is 24.4 Å². The number of carbonyl (C=O) groups is 1. The highest BCUT2D eigenvalue weighted by atomic mass is 16.5. The topological polar surface area (TPSA) is 65.0 Å². The Hall–Kier alpha value is -1.79. The van der Waals surface area contributed by atoms with Crippen molar-refractivity contribution in [2.24, 2.45) is 16.7 Å². The lowest BCUT2D eigenvalue weighted by molar-refractivity contribution is -0.133. The number of nitrogens with zero attached hydrogens (tertiary/aromatic N) is 2. The predicted molar refractivity (Wildman–Crippen MR) is 142 cm³/mol. The number of hydrogen-bond acceptors (Lipinski definition) is 5. The third-order valence-electron chi connectivity index (χ3n) is 9.23. The maximum absolute atomic E-state index is 13.4. The molecule has 0 spiro atoms. The van der Waals surface area contributed by atoms with Crippen LogP contribution in [-0.4, -0.2) is 66.9 Å². The molecule has 1 aliphatic heterocycles. The van der Waals surface area contributed by atoms with Crippen molar-refractivity contribution in [2.75, 3.05) is 38.2 Å². The summed E-state index contributed by atoms with van der Waals surface area (Å²) in [6.45, 7) is 14.3. The van der Waals surface area contributed by atoms with E-state index in [4.69, 9.17) is 4.74 Å². The zero-order chi connectivity index (χ0) is 25.4. The number of nitrogens with one attached hydrogen (secondary N) is 1. The van der Waals surface area contributed by atoms with Crippen LogP contribution in [0, 0.1) is 16.7 Å². The fraction of sp³-hybridized carbons (Fsp3) is 0.759. The summed E-state index contributed by atoms with van der Waals surface area (Å²) in [7, 11) is 1.71.